The van der Waals surface area contributed by atoms with Crippen molar-refractivity contribution < 1.29 is 19.1 Å². The summed E-state index contributed by atoms with van der Waals surface area (Å²) in [5.41, 5.74) is 3.05. The largest absolute Gasteiger partial charge is 0.490 e. The molecule has 0 bridgehead atoms. The molecule has 1 aliphatic heterocycles. The first-order chi connectivity index (χ1) is 12.0. The second-order valence-corrected chi connectivity index (χ2v) is 5.79. The Hall–Kier alpha value is -2.89. The van der Waals surface area contributed by atoms with Crippen molar-refractivity contribution in [3.05, 3.63) is 52.8 Å². The highest BCUT2D eigenvalue weighted by Crippen LogP contribution is 2.34. The zero-order valence-electron chi connectivity index (χ0n) is 14.5. The Morgan fingerprint density at radius 2 is 2.04 bits per heavy atom. The van der Waals surface area contributed by atoms with Gasteiger partial charge in [-0.1, -0.05) is 0 Å². The molecule has 0 atom stereocenters. The monoisotopic (exact) mass is 340 g/mol. The van der Waals surface area contributed by atoms with Crippen LogP contribution in [0, 0.1) is 13.8 Å². The number of ether oxygens (including phenoxy) is 2. The molecule has 1 aromatic heterocycles. The zero-order valence-corrected chi connectivity index (χ0v) is 14.5. The highest BCUT2D eigenvalue weighted by Gasteiger charge is 2.27. The van der Waals surface area contributed by atoms with E-state index < -0.39 is 5.97 Å². The molecule has 3 rings (SSSR count). The van der Waals surface area contributed by atoms with E-state index in [0.717, 1.165) is 5.69 Å². The molecule has 0 radical (unpaired) electrons. The van der Waals surface area contributed by atoms with Crippen LogP contribution >= 0.6 is 0 Å². The maximum atomic E-state index is 13.0. The van der Waals surface area contributed by atoms with Crippen molar-refractivity contribution in [3.8, 4) is 5.75 Å². The molecule has 0 spiro atoms. The zero-order chi connectivity index (χ0) is 18.0. The topological polar surface area (TPSA) is 68.7 Å². The first-order valence-electron chi connectivity index (χ1n) is 8.21. The number of rotatable bonds is 3. The van der Waals surface area contributed by atoms with Gasteiger partial charge in [0.25, 0.3) is 5.91 Å². The lowest BCUT2D eigenvalue weighted by Gasteiger charge is -2.30. The summed E-state index contributed by atoms with van der Waals surface area (Å²) in [6.07, 6.45) is 0. The molecular formula is C19H20N2O4. The molecule has 0 unspecified atom stereocenters. The van der Waals surface area contributed by atoms with Crippen LogP contribution in [0.2, 0.25) is 0 Å². The van der Waals surface area contributed by atoms with E-state index in [-0.39, 0.29) is 5.91 Å². The fourth-order valence-corrected chi connectivity index (χ4v) is 2.83. The van der Waals surface area contributed by atoms with Crippen LogP contribution in [-0.4, -0.2) is 36.6 Å². The van der Waals surface area contributed by atoms with Gasteiger partial charge in [0.15, 0.2) is 0 Å². The molecular weight excluding hydrogens is 320 g/mol. The van der Waals surface area contributed by atoms with Crippen LogP contribution in [-0.2, 0) is 4.74 Å². The molecule has 1 aromatic carbocycles. The van der Waals surface area contributed by atoms with Crippen molar-refractivity contribution in [2.75, 3.05) is 24.7 Å². The van der Waals surface area contributed by atoms with Gasteiger partial charge in [0.05, 0.1) is 35.7 Å². The number of aromatic nitrogens is 1. The molecule has 0 saturated carbocycles. The minimum absolute atomic E-state index is 0.157. The van der Waals surface area contributed by atoms with E-state index in [4.69, 9.17) is 9.47 Å². The summed E-state index contributed by atoms with van der Waals surface area (Å²) in [7, 11) is 0. The number of carbonyl (C=O) groups excluding carboxylic acids is 2. The van der Waals surface area contributed by atoms with Gasteiger partial charge in [-0.3, -0.25) is 9.78 Å². The van der Waals surface area contributed by atoms with Crippen LogP contribution < -0.4 is 9.64 Å². The van der Waals surface area contributed by atoms with Crippen LogP contribution in [0.15, 0.2) is 30.3 Å². The minimum Gasteiger partial charge on any atom is -0.490 e. The number of carbonyl (C=O) groups is 2. The summed E-state index contributed by atoms with van der Waals surface area (Å²) >= 11 is 0. The smallest absolute Gasteiger partial charge is 0.338 e. The number of anilines is 1. The van der Waals surface area contributed by atoms with E-state index in [0.29, 0.717) is 48.0 Å². The van der Waals surface area contributed by atoms with Crippen molar-refractivity contribution in [1.82, 2.24) is 4.98 Å². The van der Waals surface area contributed by atoms with Gasteiger partial charge in [-0.15, -0.1) is 0 Å². The summed E-state index contributed by atoms with van der Waals surface area (Å²) in [6.45, 7) is 6.56. The van der Waals surface area contributed by atoms with Crippen molar-refractivity contribution in [2.45, 2.75) is 20.8 Å². The van der Waals surface area contributed by atoms with Crippen LogP contribution in [0.5, 0.6) is 5.75 Å². The minimum atomic E-state index is -0.420. The van der Waals surface area contributed by atoms with E-state index in [2.05, 4.69) is 4.98 Å². The van der Waals surface area contributed by atoms with Gasteiger partial charge in [0.1, 0.15) is 12.4 Å². The van der Waals surface area contributed by atoms with E-state index in [1.165, 1.54) is 0 Å². The van der Waals surface area contributed by atoms with Gasteiger partial charge in [-0.05, 0) is 51.1 Å². The van der Waals surface area contributed by atoms with Gasteiger partial charge in [0, 0.05) is 5.69 Å². The predicted octanol–water partition coefficient (Wildman–Crippen LogP) is 2.91. The van der Waals surface area contributed by atoms with Crippen molar-refractivity contribution in [2.24, 2.45) is 0 Å². The summed E-state index contributed by atoms with van der Waals surface area (Å²) in [6, 6.07) is 8.58. The number of aryl methyl sites for hydroxylation is 2. The summed E-state index contributed by atoms with van der Waals surface area (Å²) in [4.78, 5) is 31.0. The Morgan fingerprint density at radius 1 is 1.24 bits per heavy atom. The second kappa shape index (κ2) is 6.93. The summed E-state index contributed by atoms with van der Waals surface area (Å²) in [5.74, 6) is -0.00242. The number of nitrogens with zero attached hydrogens (tertiary/aromatic N) is 2. The molecule has 2 aromatic rings. The number of amides is 1. The Bertz CT molecular complexity index is 832. The lowest BCUT2D eigenvalue weighted by molar-refractivity contribution is 0.0526. The Labute approximate surface area is 146 Å². The molecule has 25 heavy (non-hydrogen) atoms. The Balaban J connectivity index is 1.98. The standard InChI is InChI=1S/C19H20N2O4/c1-4-24-19(23)14-6-8-17-16(11-14)21(9-10-25-17)18(22)15-7-5-12(2)20-13(15)3/h5-8,11H,4,9-10H2,1-3H3. The number of benzene rings is 1. The number of hydrogen-bond acceptors (Lipinski definition) is 5. The van der Waals surface area contributed by atoms with Crippen LogP contribution in [0.4, 0.5) is 5.69 Å². The number of esters is 1. The summed E-state index contributed by atoms with van der Waals surface area (Å²) in [5, 5.41) is 0. The quantitative estimate of drug-likeness (QED) is 0.804. The van der Waals surface area contributed by atoms with Gasteiger partial charge >= 0.3 is 5.97 Å². The molecule has 0 fully saturated rings. The molecule has 0 aliphatic carbocycles. The molecule has 130 valence electrons. The molecule has 2 heterocycles. The van der Waals surface area contributed by atoms with Crippen molar-refractivity contribution >= 4 is 17.6 Å². The van der Waals surface area contributed by atoms with Gasteiger partial charge in [-0.25, -0.2) is 4.79 Å². The number of fused-ring (bicyclic) bond motifs is 1. The predicted molar refractivity (Wildman–Crippen MR) is 93.3 cm³/mol. The molecule has 1 aliphatic rings. The van der Waals surface area contributed by atoms with Gasteiger partial charge in [-0.2, -0.15) is 0 Å². The molecule has 0 saturated heterocycles. The van der Waals surface area contributed by atoms with Crippen LogP contribution in [0.25, 0.3) is 0 Å². The Morgan fingerprint density at radius 3 is 2.76 bits per heavy atom. The van der Waals surface area contributed by atoms with Crippen molar-refractivity contribution in [3.63, 3.8) is 0 Å². The SMILES string of the molecule is CCOC(=O)c1ccc2c(c1)N(C(=O)c1ccc(C)nc1C)CCO2. The maximum absolute atomic E-state index is 13.0. The number of hydrogen-bond donors (Lipinski definition) is 0. The lowest BCUT2D eigenvalue weighted by Crippen LogP contribution is -2.38. The first kappa shape index (κ1) is 17.0. The molecule has 0 N–H and O–H groups in total. The van der Waals surface area contributed by atoms with E-state index in [1.54, 1.807) is 36.1 Å². The molecule has 1 amide bonds. The fraction of sp³-hybridized carbons (Fsp3) is 0.316. The lowest BCUT2D eigenvalue weighted by atomic mass is 10.1. The normalized spacial score (nSPS) is 13.0. The van der Waals surface area contributed by atoms with Gasteiger partial charge < -0.3 is 14.4 Å². The third-order valence-corrected chi connectivity index (χ3v) is 4.03. The van der Waals surface area contributed by atoms with E-state index in [9.17, 15) is 9.59 Å². The first-order valence-corrected chi connectivity index (χ1v) is 8.21. The maximum Gasteiger partial charge on any atom is 0.338 e. The highest BCUT2D eigenvalue weighted by molar-refractivity contribution is 6.08. The molecule has 6 nitrogen and oxygen atoms in total. The van der Waals surface area contributed by atoms with E-state index >= 15 is 0 Å². The van der Waals surface area contributed by atoms with Gasteiger partial charge in [0.2, 0.25) is 0 Å². The fourth-order valence-electron chi connectivity index (χ4n) is 2.83. The van der Waals surface area contributed by atoms with Crippen LogP contribution in [0.3, 0.4) is 0 Å². The average Bonchev–Trinajstić information content (AvgIpc) is 2.60. The van der Waals surface area contributed by atoms with E-state index in [1.807, 2.05) is 19.9 Å². The second-order valence-electron chi connectivity index (χ2n) is 5.79. The third-order valence-electron chi connectivity index (χ3n) is 4.03. The average molecular weight is 340 g/mol. The highest BCUT2D eigenvalue weighted by atomic mass is 16.5. The third kappa shape index (κ3) is 3.33. The summed E-state index contributed by atoms with van der Waals surface area (Å²) < 4.78 is 10.7. The van der Waals surface area contributed by atoms with Crippen molar-refractivity contribution in [1.29, 1.82) is 0 Å². The Kier molecular flexibility index (Phi) is 4.70. The van der Waals surface area contributed by atoms with Crippen LogP contribution in [0.1, 0.15) is 39.0 Å². The molecule has 6 heteroatoms. The number of pyridine rings is 1.